The number of fused-ring (bicyclic) bond motifs is 1. The van der Waals surface area contributed by atoms with Crippen LogP contribution in [-0.4, -0.2) is 23.5 Å². The molecule has 0 radical (unpaired) electrons. The summed E-state index contributed by atoms with van der Waals surface area (Å²) >= 11 is 0. The highest BCUT2D eigenvalue weighted by molar-refractivity contribution is 5.91. The van der Waals surface area contributed by atoms with Crippen molar-refractivity contribution < 1.29 is 41.4 Å². The monoisotopic (exact) mass is 513 g/mol. The second-order valence-corrected chi connectivity index (χ2v) is 7.63. The van der Waals surface area contributed by atoms with E-state index >= 15 is 0 Å². The molecule has 0 bridgehead atoms. The van der Waals surface area contributed by atoms with Gasteiger partial charge in [0.2, 0.25) is 11.2 Å². The number of ether oxygens (including phenoxy) is 3. The van der Waals surface area contributed by atoms with Crippen LogP contribution >= 0.6 is 0 Å². The summed E-state index contributed by atoms with van der Waals surface area (Å²) < 4.78 is 61.9. The lowest BCUT2D eigenvalue weighted by atomic mass is 10.2. The molecule has 190 valence electrons. The van der Waals surface area contributed by atoms with Crippen molar-refractivity contribution in [2.75, 3.05) is 6.61 Å². The standard InChI is InChI=1S/C26H18F3NO7/c1-2-13-34-24(32)15-3-5-17(6-4-15)35-22-21(31)19-8-7-18(14-20(19)37-23(22)26(27,28)29)36-25(33)16-9-11-30-12-10-16/h3-12,14H,2,13H2,1H3. The van der Waals surface area contributed by atoms with Gasteiger partial charge < -0.3 is 18.6 Å². The predicted molar refractivity (Wildman–Crippen MR) is 124 cm³/mol. The van der Waals surface area contributed by atoms with Crippen LogP contribution in [-0.2, 0) is 10.9 Å². The molecule has 4 rings (SSSR count). The van der Waals surface area contributed by atoms with E-state index in [0.717, 1.165) is 12.1 Å². The summed E-state index contributed by atoms with van der Waals surface area (Å²) in [7, 11) is 0. The van der Waals surface area contributed by atoms with E-state index in [4.69, 9.17) is 18.6 Å². The number of hydrogen-bond acceptors (Lipinski definition) is 8. The summed E-state index contributed by atoms with van der Waals surface area (Å²) in [5, 5.41) is -0.230. The normalized spacial score (nSPS) is 11.2. The Morgan fingerprint density at radius 1 is 0.919 bits per heavy atom. The van der Waals surface area contributed by atoms with Gasteiger partial charge in [-0.15, -0.1) is 0 Å². The van der Waals surface area contributed by atoms with E-state index in [0.29, 0.717) is 6.42 Å². The van der Waals surface area contributed by atoms with Crippen LogP contribution in [0.1, 0.15) is 39.8 Å². The zero-order valence-electron chi connectivity index (χ0n) is 19.2. The average Bonchev–Trinajstić information content (AvgIpc) is 2.89. The summed E-state index contributed by atoms with van der Waals surface area (Å²) in [5.41, 5.74) is -1.22. The van der Waals surface area contributed by atoms with Gasteiger partial charge in [-0.3, -0.25) is 9.78 Å². The molecule has 11 heteroatoms. The first kappa shape index (κ1) is 25.4. The van der Waals surface area contributed by atoms with Gasteiger partial charge in [0.15, 0.2) is 0 Å². The number of hydrogen-bond donors (Lipinski definition) is 0. The van der Waals surface area contributed by atoms with Crippen molar-refractivity contribution in [2.24, 2.45) is 0 Å². The molecule has 2 aromatic heterocycles. The van der Waals surface area contributed by atoms with Crippen LogP contribution in [0.3, 0.4) is 0 Å². The molecule has 0 saturated carbocycles. The highest BCUT2D eigenvalue weighted by Crippen LogP contribution is 2.38. The molecule has 2 aromatic carbocycles. The van der Waals surface area contributed by atoms with Crippen molar-refractivity contribution in [3.63, 3.8) is 0 Å². The first-order valence-corrected chi connectivity index (χ1v) is 10.9. The minimum atomic E-state index is -5.09. The van der Waals surface area contributed by atoms with Crippen molar-refractivity contribution in [1.29, 1.82) is 0 Å². The Kier molecular flexibility index (Phi) is 7.23. The van der Waals surface area contributed by atoms with Gasteiger partial charge in [-0.25, -0.2) is 9.59 Å². The first-order valence-electron chi connectivity index (χ1n) is 10.9. The summed E-state index contributed by atoms with van der Waals surface area (Å²) in [6.45, 7) is 2.04. The number of alkyl halides is 3. The molecular formula is C26H18F3NO7. The molecule has 2 heterocycles. The van der Waals surface area contributed by atoms with Crippen molar-refractivity contribution in [3.8, 4) is 17.2 Å². The van der Waals surface area contributed by atoms with E-state index in [1.54, 1.807) is 0 Å². The predicted octanol–water partition coefficient (Wildman–Crippen LogP) is 5.79. The third-order valence-electron chi connectivity index (χ3n) is 4.95. The second-order valence-electron chi connectivity index (χ2n) is 7.63. The van der Waals surface area contributed by atoms with Crippen LogP contribution in [0.4, 0.5) is 13.2 Å². The molecule has 0 atom stereocenters. The van der Waals surface area contributed by atoms with E-state index in [1.165, 1.54) is 54.9 Å². The van der Waals surface area contributed by atoms with Gasteiger partial charge in [0.25, 0.3) is 5.76 Å². The quantitative estimate of drug-likeness (QED) is 0.226. The summed E-state index contributed by atoms with van der Waals surface area (Å²) in [6, 6.07) is 11.3. The number of nitrogens with zero attached hydrogens (tertiary/aromatic N) is 1. The molecule has 0 amide bonds. The number of carbonyl (C=O) groups excluding carboxylic acids is 2. The van der Waals surface area contributed by atoms with E-state index in [-0.39, 0.29) is 34.6 Å². The Morgan fingerprint density at radius 2 is 1.57 bits per heavy atom. The maximum Gasteiger partial charge on any atom is 0.453 e. The van der Waals surface area contributed by atoms with Gasteiger partial charge in [-0.05, 0) is 55.0 Å². The van der Waals surface area contributed by atoms with Crippen LogP contribution in [0.2, 0.25) is 0 Å². The minimum Gasteiger partial charge on any atom is -0.462 e. The lowest BCUT2D eigenvalue weighted by Crippen LogP contribution is -2.16. The number of aromatic nitrogens is 1. The van der Waals surface area contributed by atoms with E-state index in [9.17, 15) is 27.6 Å². The maximum atomic E-state index is 13.8. The van der Waals surface area contributed by atoms with Crippen LogP contribution in [0.25, 0.3) is 11.0 Å². The van der Waals surface area contributed by atoms with Crippen LogP contribution in [0.15, 0.2) is 76.2 Å². The number of benzene rings is 2. The topological polar surface area (TPSA) is 105 Å². The molecule has 0 aliphatic rings. The third kappa shape index (κ3) is 5.77. The van der Waals surface area contributed by atoms with Gasteiger partial charge in [0, 0.05) is 18.5 Å². The Morgan fingerprint density at radius 3 is 2.22 bits per heavy atom. The average molecular weight is 513 g/mol. The summed E-state index contributed by atoms with van der Waals surface area (Å²) in [6.07, 6.45) is -1.71. The molecule has 0 N–H and O–H groups in total. The van der Waals surface area contributed by atoms with Gasteiger partial charge in [-0.2, -0.15) is 13.2 Å². The largest absolute Gasteiger partial charge is 0.462 e. The van der Waals surface area contributed by atoms with Crippen molar-refractivity contribution in [1.82, 2.24) is 4.98 Å². The Labute approximate surface area is 207 Å². The number of pyridine rings is 1. The lowest BCUT2D eigenvalue weighted by Gasteiger charge is -2.14. The molecular weight excluding hydrogens is 495 g/mol. The van der Waals surface area contributed by atoms with Gasteiger partial charge >= 0.3 is 18.1 Å². The van der Waals surface area contributed by atoms with Gasteiger partial charge in [0.1, 0.15) is 17.1 Å². The van der Waals surface area contributed by atoms with Crippen molar-refractivity contribution in [2.45, 2.75) is 19.5 Å². The molecule has 0 spiro atoms. The van der Waals surface area contributed by atoms with Crippen molar-refractivity contribution >= 4 is 22.9 Å². The SMILES string of the molecule is CCCOC(=O)c1ccc(Oc2c(C(F)(F)F)oc3cc(OC(=O)c4ccncc4)ccc3c2=O)cc1. The van der Waals surface area contributed by atoms with Gasteiger partial charge in [0.05, 0.1) is 23.1 Å². The fourth-order valence-electron chi connectivity index (χ4n) is 3.21. The molecule has 0 aliphatic heterocycles. The van der Waals surface area contributed by atoms with E-state index in [2.05, 4.69) is 4.98 Å². The number of carbonyl (C=O) groups is 2. The molecule has 0 saturated heterocycles. The lowest BCUT2D eigenvalue weighted by molar-refractivity contribution is -0.154. The third-order valence-corrected chi connectivity index (χ3v) is 4.95. The van der Waals surface area contributed by atoms with E-state index in [1.807, 2.05) is 6.92 Å². The summed E-state index contributed by atoms with van der Waals surface area (Å²) in [4.78, 5) is 40.9. The molecule has 0 unspecified atom stereocenters. The number of esters is 2. The Hall–Kier alpha value is -4.67. The molecule has 37 heavy (non-hydrogen) atoms. The highest BCUT2D eigenvalue weighted by atomic mass is 19.4. The Bertz CT molecular complexity index is 1500. The van der Waals surface area contributed by atoms with Crippen molar-refractivity contribution in [3.05, 3.63) is 94.1 Å². The molecule has 4 aromatic rings. The zero-order chi connectivity index (χ0) is 26.6. The van der Waals surface area contributed by atoms with Gasteiger partial charge in [-0.1, -0.05) is 6.92 Å². The first-order chi connectivity index (χ1) is 17.7. The van der Waals surface area contributed by atoms with E-state index < -0.39 is 40.6 Å². The maximum absolute atomic E-state index is 13.8. The fourth-order valence-corrected chi connectivity index (χ4v) is 3.21. The van der Waals surface area contributed by atoms with Crippen LogP contribution in [0.5, 0.6) is 17.2 Å². The smallest absolute Gasteiger partial charge is 0.453 e. The van der Waals surface area contributed by atoms with Crippen LogP contribution in [0, 0.1) is 0 Å². The fraction of sp³-hybridized carbons (Fsp3) is 0.154. The summed E-state index contributed by atoms with van der Waals surface area (Å²) in [5.74, 6) is -4.40. The number of rotatable bonds is 7. The minimum absolute atomic E-state index is 0.132. The molecule has 0 aliphatic carbocycles. The van der Waals surface area contributed by atoms with Crippen LogP contribution < -0.4 is 14.9 Å². The molecule has 8 nitrogen and oxygen atoms in total. The Balaban J connectivity index is 1.67. The highest BCUT2D eigenvalue weighted by Gasteiger charge is 2.40. The second kappa shape index (κ2) is 10.5. The molecule has 0 fully saturated rings. The number of halogens is 3. The zero-order valence-corrected chi connectivity index (χ0v) is 19.2.